The van der Waals surface area contributed by atoms with E-state index in [2.05, 4.69) is 10.2 Å². The van der Waals surface area contributed by atoms with Gasteiger partial charge in [0.2, 0.25) is 0 Å². The Kier molecular flexibility index (Phi) is 5.84. The molecule has 1 saturated heterocycles. The van der Waals surface area contributed by atoms with Crippen LogP contribution >= 0.6 is 22.9 Å². The molecule has 1 aromatic carbocycles. The molecule has 1 aliphatic rings. The lowest BCUT2D eigenvalue weighted by Gasteiger charge is -2.34. The highest BCUT2D eigenvalue weighted by atomic mass is 35.5. The quantitative estimate of drug-likeness (QED) is 0.880. The fraction of sp³-hybridized carbons (Fsp3) is 0.353. The van der Waals surface area contributed by atoms with Crippen LogP contribution in [0.4, 0.5) is 4.39 Å². The molecule has 1 atom stereocenters. The Morgan fingerprint density at radius 1 is 1.25 bits per heavy atom. The molecular formula is C17H18ClFN2O2S. The van der Waals surface area contributed by atoms with Crippen LogP contribution in [0.15, 0.2) is 36.4 Å². The van der Waals surface area contributed by atoms with Gasteiger partial charge in [0.05, 0.1) is 28.5 Å². The number of halogens is 2. The number of carbonyl (C=O) groups is 1. The molecule has 0 bridgehead atoms. The summed E-state index contributed by atoms with van der Waals surface area (Å²) in [5.74, 6) is -0.413. The third-order valence-electron chi connectivity index (χ3n) is 3.99. The Morgan fingerprint density at radius 3 is 2.58 bits per heavy atom. The number of nitrogens with one attached hydrogen (secondary N) is 1. The van der Waals surface area contributed by atoms with Crippen molar-refractivity contribution in [3.05, 3.63) is 57.0 Å². The summed E-state index contributed by atoms with van der Waals surface area (Å²) in [6.45, 7) is 3.32. The van der Waals surface area contributed by atoms with Gasteiger partial charge in [0.1, 0.15) is 5.82 Å². The maximum atomic E-state index is 13.2. The molecule has 128 valence electrons. The summed E-state index contributed by atoms with van der Waals surface area (Å²) in [5, 5.41) is 2.96. The standard InChI is InChI=1S/C17H18ClFN2O2S/c18-16-6-5-15(24-16)17(22)20-11-14(21-7-9-23-10-8-21)12-1-3-13(19)4-2-12/h1-6,14H,7-11H2,(H,20,22). The number of nitrogens with zero attached hydrogens (tertiary/aromatic N) is 1. The number of rotatable bonds is 5. The zero-order valence-corrected chi connectivity index (χ0v) is 14.6. The van der Waals surface area contributed by atoms with Crippen molar-refractivity contribution in [1.82, 2.24) is 10.2 Å². The van der Waals surface area contributed by atoms with Crippen molar-refractivity contribution in [3.8, 4) is 0 Å². The van der Waals surface area contributed by atoms with E-state index in [9.17, 15) is 9.18 Å². The van der Waals surface area contributed by atoms with Gasteiger partial charge in [-0.25, -0.2) is 4.39 Å². The van der Waals surface area contributed by atoms with Crippen LogP contribution in [0.3, 0.4) is 0 Å². The Labute approximate surface area is 149 Å². The average molecular weight is 369 g/mol. The van der Waals surface area contributed by atoms with Crippen molar-refractivity contribution < 1.29 is 13.9 Å². The Morgan fingerprint density at radius 2 is 1.96 bits per heavy atom. The van der Waals surface area contributed by atoms with Crippen LogP contribution < -0.4 is 5.32 Å². The second kappa shape index (κ2) is 8.07. The number of benzene rings is 1. The monoisotopic (exact) mass is 368 g/mol. The summed E-state index contributed by atoms with van der Waals surface area (Å²) >= 11 is 7.13. The fourth-order valence-electron chi connectivity index (χ4n) is 2.74. The van der Waals surface area contributed by atoms with E-state index in [1.54, 1.807) is 24.3 Å². The van der Waals surface area contributed by atoms with Gasteiger partial charge in [0.25, 0.3) is 5.91 Å². The van der Waals surface area contributed by atoms with E-state index >= 15 is 0 Å². The molecule has 1 N–H and O–H groups in total. The van der Waals surface area contributed by atoms with E-state index in [1.807, 2.05) is 0 Å². The molecule has 24 heavy (non-hydrogen) atoms. The SMILES string of the molecule is O=C(NCC(c1ccc(F)cc1)N1CCOCC1)c1ccc(Cl)s1. The topological polar surface area (TPSA) is 41.6 Å². The molecule has 1 aliphatic heterocycles. The van der Waals surface area contributed by atoms with E-state index in [0.717, 1.165) is 18.7 Å². The Bertz CT molecular complexity index is 686. The molecule has 2 heterocycles. The molecule has 1 aromatic heterocycles. The predicted molar refractivity (Wildman–Crippen MR) is 93.2 cm³/mol. The zero-order valence-electron chi connectivity index (χ0n) is 13.0. The number of amides is 1. The lowest BCUT2D eigenvalue weighted by molar-refractivity contribution is 0.0162. The van der Waals surface area contributed by atoms with Crippen LogP contribution in [0.25, 0.3) is 0 Å². The Hall–Kier alpha value is -1.47. The summed E-state index contributed by atoms with van der Waals surface area (Å²) in [4.78, 5) is 15.1. The second-order valence-corrected chi connectivity index (χ2v) is 7.24. The van der Waals surface area contributed by atoms with Gasteiger partial charge in [0.15, 0.2) is 0 Å². The van der Waals surface area contributed by atoms with Gasteiger partial charge in [-0.15, -0.1) is 11.3 Å². The number of hydrogen-bond donors (Lipinski definition) is 1. The van der Waals surface area contributed by atoms with Gasteiger partial charge in [-0.3, -0.25) is 9.69 Å². The fourth-order valence-corrected chi connectivity index (χ4v) is 3.70. The lowest BCUT2D eigenvalue weighted by atomic mass is 10.0. The van der Waals surface area contributed by atoms with E-state index in [0.29, 0.717) is 29.0 Å². The molecule has 1 amide bonds. The first-order valence-corrected chi connectivity index (χ1v) is 8.94. The second-order valence-electron chi connectivity index (χ2n) is 5.53. The zero-order chi connectivity index (χ0) is 16.9. The molecule has 0 spiro atoms. The van der Waals surface area contributed by atoms with Crippen molar-refractivity contribution in [2.45, 2.75) is 6.04 Å². The van der Waals surface area contributed by atoms with Crippen molar-refractivity contribution in [2.75, 3.05) is 32.8 Å². The maximum absolute atomic E-state index is 13.2. The Balaban J connectivity index is 1.71. The van der Waals surface area contributed by atoms with Crippen molar-refractivity contribution in [3.63, 3.8) is 0 Å². The molecule has 0 saturated carbocycles. The predicted octanol–water partition coefficient (Wildman–Crippen LogP) is 3.34. The third kappa shape index (κ3) is 4.33. The number of thiophene rings is 1. The number of ether oxygens (including phenoxy) is 1. The van der Waals surface area contributed by atoms with Crippen molar-refractivity contribution >= 4 is 28.8 Å². The van der Waals surface area contributed by atoms with Gasteiger partial charge >= 0.3 is 0 Å². The summed E-state index contributed by atoms with van der Waals surface area (Å²) < 4.78 is 19.2. The molecular weight excluding hydrogens is 351 g/mol. The molecule has 0 aliphatic carbocycles. The van der Waals surface area contributed by atoms with Crippen LogP contribution in [-0.4, -0.2) is 43.7 Å². The minimum atomic E-state index is -0.267. The first kappa shape index (κ1) is 17.4. The smallest absolute Gasteiger partial charge is 0.261 e. The van der Waals surface area contributed by atoms with Gasteiger partial charge < -0.3 is 10.1 Å². The highest BCUT2D eigenvalue weighted by Gasteiger charge is 2.23. The molecule has 1 unspecified atom stereocenters. The van der Waals surface area contributed by atoms with E-state index in [4.69, 9.17) is 16.3 Å². The van der Waals surface area contributed by atoms with Crippen LogP contribution in [0.5, 0.6) is 0 Å². The first-order chi connectivity index (χ1) is 11.6. The molecule has 4 nitrogen and oxygen atoms in total. The maximum Gasteiger partial charge on any atom is 0.261 e. The lowest BCUT2D eigenvalue weighted by Crippen LogP contribution is -2.43. The van der Waals surface area contributed by atoms with Crippen molar-refractivity contribution in [1.29, 1.82) is 0 Å². The molecule has 3 rings (SSSR count). The highest BCUT2D eigenvalue weighted by molar-refractivity contribution is 7.17. The van der Waals surface area contributed by atoms with Crippen molar-refractivity contribution in [2.24, 2.45) is 0 Å². The summed E-state index contributed by atoms with van der Waals surface area (Å²) in [7, 11) is 0. The van der Waals surface area contributed by atoms with Gasteiger partial charge in [-0.1, -0.05) is 23.7 Å². The number of morpholine rings is 1. The van der Waals surface area contributed by atoms with Crippen LogP contribution in [0, 0.1) is 5.82 Å². The van der Waals surface area contributed by atoms with Gasteiger partial charge in [-0.05, 0) is 29.8 Å². The van der Waals surface area contributed by atoms with Gasteiger partial charge in [0, 0.05) is 19.6 Å². The minimum Gasteiger partial charge on any atom is -0.379 e. The molecule has 2 aromatic rings. The molecule has 1 fully saturated rings. The summed E-state index contributed by atoms with van der Waals surface area (Å²) in [6, 6.07) is 9.83. The minimum absolute atomic E-state index is 0.0196. The summed E-state index contributed by atoms with van der Waals surface area (Å²) in [6.07, 6.45) is 0. The average Bonchev–Trinajstić information content (AvgIpc) is 3.04. The van der Waals surface area contributed by atoms with E-state index < -0.39 is 0 Å². The van der Waals surface area contributed by atoms with E-state index in [-0.39, 0.29) is 17.8 Å². The van der Waals surface area contributed by atoms with E-state index in [1.165, 1.54) is 23.5 Å². The normalized spacial score (nSPS) is 16.8. The van der Waals surface area contributed by atoms with Crippen LogP contribution in [0.2, 0.25) is 4.34 Å². The molecule has 7 heteroatoms. The van der Waals surface area contributed by atoms with Crippen LogP contribution in [0.1, 0.15) is 21.3 Å². The van der Waals surface area contributed by atoms with Gasteiger partial charge in [-0.2, -0.15) is 0 Å². The third-order valence-corrected chi connectivity index (χ3v) is 5.22. The largest absolute Gasteiger partial charge is 0.379 e. The number of hydrogen-bond acceptors (Lipinski definition) is 4. The first-order valence-electron chi connectivity index (χ1n) is 7.74. The summed E-state index contributed by atoms with van der Waals surface area (Å²) in [5.41, 5.74) is 0.975. The highest BCUT2D eigenvalue weighted by Crippen LogP contribution is 2.23. The molecule has 0 radical (unpaired) electrons. The van der Waals surface area contributed by atoms with Crippen LogP contribution in [-0.2, 0) is 4.74 Å². The number of carbonyl (C=O) groups excluding carboxylic acids is 1.